The van der Waals surface area contributed by atoms with Crippen LogP contribution >= 0.6 is 0 Å². The lowest BCUT2D eigenvalue weighted by Crippen LogP contribution is -2.44. The van der Waals surface area contributed by atoms with Gasteiger partial charge in [-0.25, -0.2) is 8.78 Å². The van der Waals surface area contributed by atoms with E-state index in [4.69, 9.17) is 0 Å². The molecule has 0 amide bonds. The van der Waals surface area contributed by atoms with Crippen molar-refractivity contribution in [2.24, 2.45) is 0 Å². The molecule has 0 bridgehead atoms. The Morgan fingerprint density at radius 3 is 2.41 bits per heavy atom. The fraction of sp³-hybridized carbons (Fsp3) is 0.538. The van der Waals surface area contributed by atoms with Gasteiger partial charge in [0.2, 0.25) is 5.75 Å². The van der Waals surface area contributed by atoms with Crippen LogP contribution in [0.5, 0.6) is 5.75 Å². The van der Waals surface area contributed by atoms with Crippen LogP contribution < -0.4 is 9.64 Å². The molecular weight excluding hydrogens is 303 g/mol. The van der Waals surface area contributed by atoms with Crippen LogP contribution in [-0.2, 0) is 0 Å². The van der Waals surface area contributed by atoms with E-state index in [1.54, 1.807) is 0 Å². The van der Waals surface area contributed by atoms with Crippen molar-refractivity contribution in [3.05, 3.63) is 28.3 Å². The Morgan fingerprint density at radius 1 is 1.23 bits per heavy atom. The van der Waals surface area contributed by atoms with Gasteiger partial charge in [-0.2, -0.15) is 4.39 Å². The number of piperazine rings is 1. The molecule has 1 unspecified atom stereocenters. The number of rotatable bonds is 5. The molecule has 0 saturated carbocycles. The van der Waals surface area contributed by atoms with Crippen LogP contribution in [0.25, 0.3) is 0 Å². The molecule has 6 nitrogen and oxygen atoms in total. The predicted molar refractivity (Wildman–Crippen MR) is 74.3 cm³/mol. The summed E-state index contributed by atoms with van der Waals surface area (Å²) >= 11 is 0. The summed E-state index contributed by atoms with van der Waals surface area (Å²) in [6, 6.07) is 3.88. The van der Waals surface area contributed by atoms with Gasteiger partial charge in [-0.05, 0) is 19.2 Å². The molecule has 122 valence electrons. The lowest BCUT2D eigenvalue weighted by atomic mass is 10.2. The van der Waals surface area contributed by atoms with E-state index >= 15 is 0 Å². The minimum Gasteiger partial charge on any atom is -0.447 e. The Labute approximate surface area is 125 Å². The highest BCUT2D eigenvalue weighted by Gasteiger charge is 2.26. The predicted octanol–water partition coefficient (Wildman–Crippen LogP) is 2.29. The molecule has 1 aliphatic heterocycles. The Hall–Kier alpha value is -2.03. The number of hydrogen-bond acceptors (Lipinski definition) is 5. The third-order valence-corrected chi connectivity index (χ3v) is 3.45. The van der Waals surface area contributed by atoms with E-state index in [9.17, 15) is 23.3 Å². The van der Waals surface area contributed by atoms with E-state index in [1.165, 1.54) is 12.1 Å². The summed E-state index contributed by atoms with van der Waals surface area (Å²) in [4.78, 5) is 14.3. The van der Waals surface area contributed by atoms with Crippen LogP contribution in [0, 0.1) is 10.1 Å². The zero-order chi connectivity index (χ0) is 16.3. The second-order valence-electron chi connectivity index (χ2n) is 5.00. The molecule has 1 atom stereocenters. The first-order valence-electron chi connectivity index (χ1n) is 6.69. The molecule has 0 spiro atoms. The van der Waals surface area contributed by atoms with Gasteiger partial charge in [0.05, 0.1) is 4.92 Å². The van der Waals surface area contributed by atoms with E-state index < -0.39 is 29.1 Å². The number of nitro benzene ring substituents is 1. The second kappa shape index (κ2) is 6.82. The molecule has 22 heavy (non-hydrogen) atoms. The van der Waals surface area contributed by atoms with Crippen molar-refractivity contribution >= 4 is 11.4 Å². The summed E-state index contributed by atoms with van der Waals surface area (Å²) in [5, 5.41) is 11.0. The average molecular weight is 319 g/mol. The first kappa shape index (κ1) is 16.3. The summed E-state index contributed by atoms with van der Waals surface area (Å²) in [5.74, 6) is -0.504. The summed E-state index contributed by atoms with van der Waals surface area (Å²) in [7, 11) is 1.97. The highest BCUT2D eigenvalue weighted by Crippen LogP contribution is 2.33. The zero-order valence-electron chi connectivity index (χ0n) is 11.9. The molecule has 1 saturated heterocycles. The van der Waals surface area contributed by atoms with Gasteiger partial charge in [0.1, 0.15) is 0 Å². The molecule has 1 aromatic carbocycles. The summed E-state index contributed by atoms with van der Waals surface area (Å²) in [5.41, 5.74) is 0.0549. The number of alkyl halides is 3. The molecule has 0 aromatic heterocycles. The molecule has 2 rings (SSSR count). The SMILES string of the molecule is CN1CCN(c2ccc(OC(F)C(F)F)c([N+](=O)[O-])c2)CC1. The van der Waals surface area contributed by atoms with Crippen molar-refractivity contribution < 1.29 is 22.8 Å². The zero-order valence-corrected chi connectivity index (χ0v) is 11.9. The molecule has 0 radical (unpaired) electrons. The van der Waals surface area contributed by atoms with Crippen LogP contribution in [0.15, 0.2) is 18.2 Å². The fourth-order valence-corrected chi connectivity index (χ4v) is 2.18. The van der Waals surface area contributed by atoms with Gasteiger partial charge in [0, 0.05) is 37.9 Å². The first-order chi connectivity index (χ1) is 10.4. The normalized spacial score (nSPS) is 17.6. The third-order valence-electron chi connectivity index (χ3n) is 3.45. The minimum absolute atomic E-state index is 0.504. The molecule has 1 aliphatic rings. The molecular formula is C13H16F3N3O3. The average Bonchev–Trinajstić information content (AvgIpc) is 2.48. The van der Waals surface area contributed by atoms with Crippen LogP contribution in [-0.4, -0.2) is 55.8 Å². The maximum absolute atomic E-state index is 12.9. The van der Waals surface area contributed by atoms with Crippen molar-refractivity contribution in [3.63, 3.8) is 0 Å². The smallest absolute Gasteiger partial charge is 0.313 e. The number of nitro groups is 1. The van der Waals surface area contributed by atoms with Gasteiger partial charge in [-0.1, -0.05) is 0 Å². The van der Waals surface area contributed by atoms with Crippen molar-refractivity contribution in [2.75, 3.05) is 38.1 Å². The largest absolute Gasteiger partial charge is 0.447 e. The lowest BCUT2D eigenvalue weighted by Gasteiger charge is -2.34. The van der Waals surface area contributed by atoms with Crippen molar-refractivity contribution in [3.8, 4) is 5.75 Å². The number of likely N-dealkylation sites (N-methyl/N-ethyl adjacent to an activating group) is 1. The number of benzene rings is 1. The fourth-order valence-electron chi connectivity index (χ4n) is 2.18. The van der Waals surface area contributed by atoms with Gasteiger partial charge in [-0.3, -0.25) is 10.1 Å². The van der Waals surface area contributed by atoms with E-state index in [-0.39, 0.29) is 0 Å². The number of hydrogen-bond donors (Lipinski definition) is 0. The molecule has 1 fully saturated rings. The molecule has 1 aromatic rings. The third kappa shape index (κ3) is 3.79. The molecule has 0 N–H and O–H groups in total. The molecule has 1 heterocycles. The van der Waals surface area contributed by atoms with Crippen molar-refractivity contribution in [1.29, 1.82) is 0 Å². The summed E-state index contributed by atoms with van der Waals surface area (Å²) < 4.78 is 41.6. The Balaban J connectivity index is 2.21. The highest BCUT2D eigenvalue weighted by molar-refractivity contribution is 5.60. The quantitative estimate of drug-likeness (QED) is 0.615. The van der Waals surface area contributed by atoms with Gasteiger partial charge >= 0.3 is 12.1 Å². The Kier molecular flexibility index (Phi) is 5.07. The van der Waals surface area contributed by atoms with Gasteiger partial charge in [-0.15, -0.1) is 0 Å². The Morgan fingerprint density at radius 2 is 1.86 bits per heavy atom. The summed E-state index contributed by atoms with van der Waals surface area (Å²) in [6.07, 6.45) is -6.26. The van der Waals surface area contributed by atoms with E-state index in [1.807, 2.05) is 11.9 Å². The van der Waals surface area contributed by atoms with Crippen LogP contribution in [0.1, 0.15) is 0 Å². The van der Waals surface area contributed by atoms with E-state index in [2.05, 4.69) is 9.64 Å². The number of anilines is 1. The van der Waals surface area contributed by atoms with Crippen LogP contribution in [0.3, 0.4) is 0 Å². The van der Waals surface area contributed by atoms with Gasteiger partial charge in [0.25, 0.3) is 6.36 Å². The van der Waals surface area contributed by atoms with Gasteiger partial charge in [0.15, 0.2) is 0 Å². The standard InChI is InChI=1S/C13H16F3N3O3/c1-17-4-6-18(7-5-17)9-2-3-11(10(8-9)19(20)21)22-13(16)12(14)15/h2-3,8,12-13H,4-7H2,1H3. The van der Waals surface area contributed by atoms with E-state index in [0.717, 1.165) is 19.2 Å². The maximum atomic E-state index is 12.9. The highest BCUT2D eigenvalue weighted by atomic mass is 19.3. The minimum atomic E-state index is -3.36. The summed E-state index contributed by atoms with van der Waals surface area (Å²) in [6.45, 7) is 3.00. The second-order valence-corrected chi connectivity index (χ2v) is 5.00. The van der Waals surface area contributed by atoms with Crippen molar-refractivity contribution in [2.45, 2.75) is 12.8 Å². The maximum Gasteiger partial charge on any atom is 0.313 e. The van der Waals surface area contributed by atoms with E-state index in [0.29, 0.717) is 18.8 Å². The van der Waals surface area contributed by atoms with Gasteiger partial charge < -0.3 is 14.5 Å². The number of nitrogens with zero attached hydrogens (tertiary/aromatic N) is 3. The Bertz CT molecular complexity index is 537. The van der Waals surface area contributed by atoms with Crippen LogP contribution in [0.2, 0.25) is 0 Å². The number of ether oxygens (including phenoxy) is 1. The topological polar surface area (TPSA) is 58.8 Å². The molecule has 9 heteroatoms. The van der Waals surface area contributed by atoms with Crippen molar-refractivity contribution in [1.82, 2.24) is 4.90 Å². The molecule has 0 aliphatic carbocycles. The first-order valence-corrected chi connectivity index (χ1v) is 6.69. The number of halogens is 3. The lowest BCUT2D eigenvalue weighted by molar-refractivity contribution is -0.386. The monoisotopic (exact) mass is 319 g/mol. The van der Waals surface area contributed by atoms with Crippen LogP contribution in [0.4, 0.5) is 24.5 Å².